The molecule has 6 nitrogen and oxygen atoms in total. The molecule has 27 heavy (non-hydrogen) atoms. The zero-order valence-electron chi connectivity index (χ0n) is 14.8. The van der Waals surface area contributed by atoms with Crippen molar-refractivity contribution in [2.75, 3.05) is 21.3 Å². The first-order chi connectivity index (χ1) is 12.6. The molecular weight excluding hydrogens is 387 g/mol. The van der Waals surface area contributed by atoms with Crippen LogP contribution in [0.3, 0.4) is 0 Å². The summed E-state index contributed by atoms with van der Waals surface area (Å²) in [7, 11) is 0.266. The van der Waals surface area contributed by atoms with Crippen LogP contribution in [-0.4, -0.2) is 29.7 Å². The van der Waals surface area contributed by atoms with Gasteiger partial charge in [0.2, 0.25) is 10.0 Å². The van der Waals surface area contributed by atoms with Gasteiger partial charge in [0.15, 0.2) is 11.5 Å². The van der Waals surface area contributed by atoms with Crippen LogP contribution in [0.1, 0.15) is 11.1 Å². The van der Waals surface area contributed by atoms with Crippen LogP contribution >= 0.6 is 0 Å². The van der Waals surface area contributed by atoms with Gasteiger partial charge in [0.25, 0.3) is 0 Å². The molecule has 0 unspecified atom stereocenters. The van der Waals surface area contributed by atoms with Crippen molar-refractivity contribution < 1.29 is 35.8 Å². The largest absolute Gasteiger partial charge is 0.496 e. The average Bonchev–Trinajstić information content (AvgIpc) is 2.65. The summed E-state index contributed by atoms with van der Waals surface area (Å²) in [5.74, 6) is 1.15. The minimum atomic E-state index is -4.54. The van der Waals surface area contributed by atoms with E-state index in [2.05, 4.69) is 4.72 Å². The highest BCUT2D eigenvalue weighted by Gasteiger charge is 2.30. The van der Waals surface area contributed by atoms with Crippen LogP contribution in [0.15, 0.2) is 41.3 Å². The maximum absolute atomic E-state index is 12.6. The Morgan fingerprint density at radius 2 is 1.41 bits per heavy atom. The van der Waals surface area contributed by atoms with E-state index in [1.165, 1.54) is 21.3 Å². The molecule has 0 aliphatic heterocycles. The zero-order valence-corrected chi connectivity index (χ0v) is 15.6. The van der Waals surface area contributed by atoms with Crippen LogP contribution < -0.4 is 18.9 Å². The zero-order chi connectivity index (χ0) is 20.2. The van der Waals surface area contributed by atoms with Crippen LogP contribution in [0.5, 0.6) is 17.2 Å². The fourth-order valence-corrected chi connectivity index (χ4v) is 3.32. The van der Waals surface area contributed by atoms with Gasteiger partial charge in [0, 0.05) is 18.2 Å². The van der Waals surface area contributed by atoms with Gasteiger partial charge in [0.1, 0.15) is 5.75 Å². The van der Waals surface area contributed by atoms with Gasteiger partial charge in [-0.15, -0.1) is 0 Å². The Bertz CT molecular complexity index is 896. The monoisotopic (exact) mass is 405 g/mol. The highest BCUT2D eigenvalue weighted by atomic mass is 32.2. The molecule has 10 heteroatoms. The second-order valence-corrected chi connectivity index (χ2v) is 7.13. The molecule has 2 aromatic rings. The smallest absolute Gasteiger partial charge is 0.416 e. The molecule has 0 saturated carbocycles. The van der Waals surface area contributed by atoms with Gasteiger partial charge in [-0.05, 0) is 30.3 Å². The van der Waals surface area contributed by atoms with E-state index >= 15 is 0 Å². The number of ether oxygens (including phenoxy) is 3. The van der Waals surface area contributed by atoms with Crippen molar-refractivity contribution in [3.8, 4) is 17.2 Å². The fourth-order valence-electron chi connectivity index (χ4n) is 2.31. The first kappa shape index (κ1) is 20.8. The van der Waals surface area contributed by atoms with Crippen LogP contribution in [0, 0.1) is 0 Å². The summed E-state index contributed by atoms with van der Waals surface area (Å²) in [6.45, 7) is -0.160. The molecule has 0 amide bonds. The number of nitrogens with one attached hydrogen (secondary N) is 1. The normalized spacial score (nSPS) is 11.9. The number of alkyl halides is 3. The molecule has 0 radical (unpaired) electrons. The lowest BCUT2D eigenvalue weighted by Gasteiger charge is -2.15. The van der Waals surface area contributed by atoms with Gasteiger partial charge in [-0.25, -0.2) is 13.1 Å². The summed E-state index contributed by atoms with van der Waals surface area (Å²) in [4.78, 5) is -0.282. The Balaban J connectivity index is 2.24. The molecule has 0 heterocycles. The highest BCUT2D eigenvalue weighted by Crippen LogP contribution is 2.35. The predicted octanol–water partition coefficient (Wildman–Crippen LogP) is 3.21. The topological polar surface area (TPSA) is 73.9 Å². The van der Waals surface area contributed by atoms with E-state index in [1.807, 2.05) is 0 Å². The molecule has 0 saturated heterocycles. The van der Waals surface area contributed by atoms with Gasteiger partial charge in [-0.2, -0.15) is 13.2 Å². The lowest BCUT2D eigenvalue weighted by molar-refractivity contribution is -0.137. The van der Waals surface area contributed by atoms with Crippen molar-refractivity contribution in [1.82, 2.24) is 4.72 Å². The van der Waals surface area contributed by atoms with Gasteiger partial charge in [-0.3, -0.25) is 0 Å². The Hall–Kier alpha value is -2.46. The SMILES string of the molecule is COc1cc(OC)c(OC)cc1CNS(=O)(=O)c1ccc(C(F)(F)F)cc1. The first-order valence-electron chi connectivity index (χ1n) is 7.58. The predicted molar refractivity (Wildman–Crippen MR) is 91.6 cm³/mol. The van der Waals surface area contributed by atoms with Crippen molar-refractivity contribution in [1.29, 1.82) is 0 Å². The molecule has 1 N–H and O–H groups in total. The van der Waals surface area contributed by atoms with E-state index < -0.39 is 21.8 Å². The average molecular weight is 405 g/mol. The van der Waals surface area contributed by atoms with E-state index in [0.29, 0.717) is 34.9 Å². The Kier molecular flexibility index (Phi) is 6.22. The molecule has 2 aromatic carbocycles. The van der Waals surface area contributed by atoms with Crippen LogP contribution in [-0.2, 0) is 22.7 Å². The highest BCUT2D eigenvalue weighted by molar-refractivity contribution is 7.89. The van der Waals surface area contributed by atoms with Crippen molar-refractivity contribution in [2.45, 2.75) is 17.6 Å². The first-order valence-corrected chi connectivity index (χ1v) is 9.06. The number of hydrogen-bond donors (Lipinski definition) is 1. The molecule has 0 aromatic heterocycles. The Labute approximate surface area is 154 Å². The van der Waals surface area contributed by atoms with Gasteiger partial charge >= 0.3 is 6.18 Å². The second-order valence-electron chi connectivity index (χ2n) is 5.37. The maximum Gasteiger partial charge on any atom is 0.416 e. The molecular formula is C17H18F3NO5S. The minimum absolute atomic E-state index is 0.160. The molecule has 148 valence electrons. The molecule has 2 rings (SSSR count). The third kappa shape index (κ3) is 4.83. The van der Waals surface area contributed by atoms with Crippen molar-refractivity contribution in [3.05, 3.63) is 47.5 Å². The number of methoxy groups -OCH3 is 3. The molecule has 0 atom stereocenters. The van der Waals surface area contributed by atoms with E-state index in [0.717, 1.165) is 12.1 Å². The van der Waals surface area contributed by atoms with E-state index in [-0.39, 0.29) is 11.4 Å². The van der Waals surface area contributed by atoms with Gasteiger partial charge < -0.3 is 14.2 Å². The van der Waals surface area contributed by atoms with Crippen LogP contribution in [0.4, 0.5) is 13.2 Å². The molecule has 0 aliphatic rings. The van der Waals surface area contributed by atoms with Crippen molar-refractivity contribution in [3.63, 3.8) is 0 Å². The summed E-state index contributed by atoms with van der Waals surface area (Å²) >= 11 is 0. The second kappa shape index (κ2) is 8.05. The molecule has 0 fully saturated rings. The van der Waals surface area contributed by atoms with Crippen LogP contribution in [0.25, 0.3) is 0 Å². The number of sulfonamides is 1. The summed E-state index contributed by atoms with van der Waals surface area (Å²) in [6.07, 6.45) is -4.54. The summed E-state index contributed by atoms with van der Waals surface area (Å²) in [5.41, 5.74) is -0.464. The van der Waals surface area contributed by atoms with Crippen molar-refractivity contribution in [2.24, 2.45) is 0 Å². The lowest BCUT2D eigenvalue weighted by Crippen LogP contribution is -2.23. The Morgan fingerprint density at radius 1 is 0.889 bits per heavy atom. The van der Waals surface area contributed by atoms with Crippen molar-refractivity contribution >= 4 is 10.0 Å². The van der Waals surface area contributed by atoms with E-state index in [9.17, 15) is 21.6 Å². The summed E-state index contributed by atoms with van der Waals surface area (Å²) in [5, 5.41) is 0. The van der Waals surface area contributed by atoms with Gasteiger partial charge in [-0.1, -0.05) is 0 Å². The molecule has 0 bridgehead atoms. The molecule has 0 aliphatic carbocycles. The quantitative estimate of drug-likeness (QED) is 0.766. The number of benzene rings is 2. The number of rotatable bonds is 7. The molecule has 0 spiro atoms. The summed E-state index contributed by atoms with van der Waals surface area (Å²) in [6, 6.07) is 6.32. The number of halogens is 3. The number of hydrogen-bond acceptors (Lipinski definition) is 5. The fraction of sp³-hybridized carbons (Fsp3) is 0.294. The Morgan fingerprint density at radius 3 is 1.89 bits per heavy atom. The van der Waals surface area contributed by atoms with Gasteiger partial charge in [0.05, 0.1) is 31.8 Å². The third-order valence-corrected chi connectivity index (χ3v) is 5.15. The van der Waals surface area contributed by atoms with E-state index in [4.69, 9.17) is 14.2 Å². The summed E-state index contributed by atoms with van der Waals surface area (Å²) < 4.78 is 80.4. The minimum Gasteiger partial charge on any atom is -0.496 e. The van der Waals surface area contributed by atoms with E-state index in [1.54, 1.807) is 12.1 Å². The third-order valence-electron chi connectivity index (χ3n) is 3.73. The lowest BCUT2D eigenvalue weighted by atomic mass is 10.1. The van der Waals surface area contributed by atoms with Crippen LogP contribution in [0.2, 0.25) is 0 Å². The standard InChI is InChI=1S/C17H18F3NO5S/c1-24-14-9-16(26-3)15(25-2)8-11(14)10-21-27(22,23)13-6-4-12(5-7-13)17(18,19)20/h4-9,21H,10H2,1-3H3. The maximum atomic E-state index is 12.6.